The number of rotatable bonds is 6. The number of nitrogens with one attached hydrogen (secondary N) is 1. The van der Waals surface area contributed by atoms with Gasteiger partial charge in [-0.3, -0.25) is 4.79 Å². The fourth-order valence-electron chi connectivity index (χ4n) is 1.28. The molecular weight excluding hydrogens is 238 g/mol. The maximum absolute atomic E-state index is 11.4. The Kier molecular flexibility index (Phi) is 5.57. The lowest BCUT2D eigenvalue weighted by molar-refractivity contribution is -0.123. The molecule has 0 atom stereocenters. The molecule has 0 unspecified atom stereocenters. The van der Waals surface area contributed by atoms with Crippen molar-refractivity contribution < 1.29 is 9.53 Å². The maximum Gasteiger partial charge on any atom is 0.257 e. The molecule has 0 saturated heterocycles. The van der Waals surface area contributed by atoms with Crippen molar-refractivity contribution in [2.24, 2.45) is 0 Å². The zero-order chi connectivity index (χ0) is 12.7. The van der Waals surface area contributed by atoms with E-state index in [0.29, 0.717) is 17.3 Å². The molecule has 3 nitrogen and oxygen atoms in total. The minimum absolute atomic E-state index is 0.0135. The second-order valence-electron chi connectivity index (χ2n) is 3.63. The molecular formula is C13H16ClNO2. The number of benzene rings is 1. The predicted molar refractivity (Wildman–Crippen MR) is 69.5 cm³/mol. The first kappa shape index (κ1) is 13.6. The summed E-state index contributed by atoms with van der Waals surface area (Å²) in [5.41, 5.74) is 0.913. The lowest BCUT2D eigenvalue weighted by Crippen LogP contribution is -2.29. The van der Waals surface area contributed by atoms with Gasteiger partial charge in [0, 0.05) is 11.6 Å². The van der Waals surface area contributed by atoms with Gasteiger partial charge in [-0.2, -0.15) is 0 Å². The fraction of sp³-hybridized carbons (Fsp3) is 0.308. The second-order valence-corrected chi connectivity index (χ2v) is 4.06. The Balaban J connectivity index is 2.39. The van der Waals surface area contributed by atoms with Crippen molar-refractivity contribution in [1.29, 1.82) is 0 Å². The summed E-state index contributed by atoms with van der Waals surface area (Å²) in [4.78, 5) is 11.4. The van der Waals surface area contributed by atoms with Crippen LogP contribution in [0.4, 0.5) is 0 Å². The molecule has 92 valence electrons. The van der Waals surface area contributed by atoms with E-state index < -0.39 is 0 Å². The topological polar surface area (TPSA) is 38.3 Å². The lowest BCUT2D eigenvalue weighted by Gasteiger charge is -2.09. The molecule has 0 bridgehead atoms. The summed E-state index contributed by atoms with van der Waals surface area (Å²) in [6.45, 7) is 6.06. The molecule has 0 aromatic heterocycles. The summed E-state index contributed by atoms with van der Waals surface area (Å²) in [5, 5.41) is 3.38. The third-order valence-electron chi connectivity index (χ3n) is 2.17. The molecule has 0 fully saturated rings. The van der Waals surface area contributed by atoms with Crippen LogP contribution < -0.4 is 10.1 Å². The van der Waals surface area contributed by atoms with Crippen molar-refractivity contribution >= 4 is 17.5 Å². The normalized spacial score (nSPS) is 9.76. The van der Waals surface area contributed by atoms with Crippen LogP contribution in [0.25, 0.3) is 0 Å². The number of hydrogen-bond acceptors (Lipinski definition) is 2. The monoisotopic (exact) mass is 253 g/mol. The third-order valence-corrected chi connectivity index (χ3v) is 2.40. The minimum Gasteiger partial charge on any atom is -0.484 e. The van der Waals surface area contributed by atoms with Crippen LogP contribution in [0.15, 0.2) is 30.9 Å². The molecule has 1 N–H and O–H groups in total. The summed E-state index contributed by atoms with van der Waals surface area (Å²) < 4.78 is 5.39. The Morgan fingerprint density at radius 2 is 2.35 bits per heavy atom. The SMILES string of the molecule is C=CCCNC(=O)COc1ccc(Cl)cc1C. The maximum atomic E-state index is 11.4. The molecule has 0 saturated carbocycles. The molecule has 0 spiro atoms. The highest BCUT2D eigenvalue weighted by Gasteiger charge is 2.04. The Morgan fingerprint density at radius 3 is 3.00 bits per heavy atom. The number of carbonyl (C=O) groups excluding carboxylic acids is 1. The van der Waals surface area contributed by atoms with E-state index in [4.69, 9.17) is 16.3 Å². The van der Waals surface area contributed by atoms with Crippen molar-refractivity contribution in [2.45, 2.75) is 13.3 Å². The van der Waals surface area contributed by atoms with Crippen molar-refractivity contribution in [2.75, 3.05) is 13.2 Å². The van der Waals surface area contributed by atoms with Crippen LogP contribution in [0.2, 0.25) is 5.02 Å². The van der Waals surface area contributed by atoms with Crippen molar-refractivity contribution in [1.82, 2.24) is 5.32 Å². The Hall–Kier alpha value is -1.48. The number of halogens is 1. The molecule has 1 amide bonds. The van der Waals surface area contributed by atoms with Gasteiger partial charge in [-0.25, -0.2) is 0 Å². The first-order valence-corrected chi connectivity index (χ1v) is 5.78. The summed E-state index contributed by atoms with van der Waals surface area (Å²) in [7, 11) is 0. The van der Waals surface area contributed by atoms with E-state index in [1.165, 1.54) is 0 Å². The van der Waals surface area contributed by atoms with Crippen molar-refractivity contribution in [3.8, 4) is 5.75 Å². The van der Waals surface area contributed by atoms with E-state index in [-0.39, 0.29) is 12.5 Å². The summed E-state index contributed by atoms with van der Waals surface area (Å²) in [5.74, 6) is 0.537. The van der Waals surface area contributed by atoms with Gasteiger partial charge < -0.3 is 10.1 Å². The first-order valence-electron chi connectivity index (χ1n) is 5.40. The highest BCUT2D eigenvalue weighted by Crippen LogP contribution is 2.21. The van der Waals surface area contributed by atoms with Crippen LogP contribution in [0, 0.1) is 6.92 Å². The largest absolute Gasteiger partial charge is 0.484 e. The Bertz CT molecular complexity index is 404. The minimum atomic E-state index is -0.138. The molecule has 0 radical (unpaired) electrons. The van der Waals surface area contributed by atoms with Crippen LogP contribution in [0.3, 0.4) is 0 Å². The molecule has 4 heteroatoms. The highest BCUT2D eigenvalue weighted by atomic mass is 35.5. The number of amides is 1. The van der Waals surface area contributed by atoms with E-state index in [1.54, 1.807) is 24.3 Å². The lowest BCUT2D eigenvalue weighted by atomic mass is 10.2. The number of carbonyl (C=O) groups is 1. The van der Waals surface area contributed by atoms with Gasteiger partial charge in [-0.15, -0.1) is 6.58 Å². The smallest absolute Gasteiger partial charge is 0.257 e. The second kappa shape index (κ2) is 6.97. The van der Waals surface area contributed by atoms with Gasteiger partial charge in [0.05, 0.1) is 0 Å². The van der Waals surface area contributed by atoms with Crippen molar-refractivity contribution in [3.63, 3.8) is 0 Å². The molecule has 1 rings (SSSR count). The number of hydrogen-bond donors (Lipinski definition) is 1. The summed E-state index contributed by atoms with van der Waals surface area (Å²) >= 11 is 5.82. The molecule has 1 aromatic rings. The Morgan fingerprint density at radius 1 is 1.59 bits per heavy atom. The quantitative estimate of drug-likeness (QED) is 0.625. The van der Waals surface area contributed by atoms with Crippen LogP contribution >= 0.6 is 11.6 Å². The van der Waals surface area contributed by atoms with Crippen LogP contribution in [-0.4, -0.2) is 19.1 Å². The van der Waals surface area contributed by atoms with Gasteiger partial charge in [0.1, 0.15) is 5.75 Å². The molecule has 17 heavy (non-hydrogen) atoms. The zero-order valence-electron chi connectivity index (χ0n) is 9.83. The predicted octanol–water partition coefficient (Wildman–Crippen LogP) is 2.72. The van der Waals surface area contributed by atoms with E-state index >= 15 is 0 Å². The highest BCUT2D eigenvalue weighted by molar-refractivity contribution is 6.30. The fourth-order valence-corrected chi connectivity index (χ4v) is 1.51. The standard InChI is InChI=1S/C13H16ClNO2/c1-3-4-7-15-13(16)9-17-12-6-5-11(14)8-10(12)2/h3,5-6,8H,1,4,7,9H2,2H3,(H,15,16). The summed E-state index contributed by atoms with van der Waals surface area (Å²) in [6, 6.07) is 5.29. The molecule has 1 aromatic carbocycles. The van der Waals surface area contributed by atoms with Gasteiger partial charge in [-0.1, -0.05) is 17.7 Å². The molecule has 0 aliphatic rings. The third kappa shape index (κ3) is 4.91. The number of ether oxygens (including phenoxy) is 1. The van der Waals surface area contributed by atoms with E-state index in [2.05, 4.69) is 11.9 Å². The van der Waals surface area contributed by atoms with Crippen molar-refractivity contribution in [3.05, 3.63) is 41.4 Å². The average molecular weight is 254 g/mol. The van der Waals surface area contributed by atoms with Crippen LogP contribution in [0.5, 0.6) is 5.75 Å². The van der Waals surface area contributed by atoms with Crippen LogP contribution in [0.1, 0.15) is 12.0 Å². The van der Waals surface area contributed by atoms with E-state index in [9.17, 15) is 4.79 Å². The van der Waals surface area contributed by atoms with E-state index in [0.717, 1.165) is 12.0 Å². The Labute approximate surface area is 106 Å². The van der Waals surface area contributed by atoms with Gasteiger partial charge in [-0.05, 0) is 37.1 Å². The van der Waals surface area contributed by atoms with Gasteiger partial charge >= 0.3 is 0 Å². The summed E-state index contributed by atoms with van der Waals surface area (Å²) in [6.07, 6.45) is 2.51. The first-order chi connectivity index (χ1) is 8.13. The van der Waals surface area contributed by atoms with Crippen LogP contribution in [-0.2, 0) is 4.79 Å². The van der Waals surface area contributed by atoms with E-state index in [1.807, 2.05) is 6.92 Å². The number of aryl methyl sites for hydroxylation is 1. The molecule has 0 aliphatic carbocycles. The van der Waals surface area contributed by atoms with Gasteiger partial charge in [0.2, 0.25) is 0 Å². The molecule has 0 heterocycles. The molecule has 0 aliphatic heterocycles. The zero-order valence-corrected chi connectivity index (χ0v) is 10.6. The van der Waals surface area contributed by atoms with Gasteiger partial charge in [0.25, 0.3) is 5.91 Å². The van der Waals surface area contributed by atoms with Gasteiger partial charge in [0.15, 0.2) is 6.61 Å². The average Bonchev–Trinajstić information content (AvgIpc) is 2.28.